The summed E-state index contributed by atoms with van der Waals surface area (Å²) in [7, 11) is -3.20. The Hall–Kier alpha value is -0.660. The summed E-state index contributed by atoms with van der Waals surface area (Å²) in [5, 5.41) is 0. The van der Waals surface area contributed by atoms with Crippen LogP contribution < -0.4 is 5.73 Å². The van der Waals surface area contributed by atoms with Crippen molar-refractivity contribution in [3.05, 3.63) is 0 Å². The molecule has 1 aliphatic rings. The average Bonchev–Trinajstić information content (AvgIpc) is 2.34. The van der Waals surface area contributed by atoms with Gasteiger partial charge in [0.1, 0.15) is 0 Å². The summed E-state index contributed by atoms with van der Waals surface area (Å²) in [5.41, 5.74) is 5.94. The summed E-state index contributed by atoms with van der Waals surface area (Å²) in [4.78, 5) is 13.9. The van der Waals surface area contributed by atoms with Crippen LogP contribution in [0.1, 0.15) is 27.2 Å². The van der Waals surface area contributed by atoms with E-state index in [0.29, 0.717) is 19.6 Å². The molecule has 0 saturated carbocycles. The van der Waals surface area contributed by atoms with Crippen molar-refractivity contribution in [1.29, 1.82) is 0 Å². The van der Waals surface area contributed by atoms with Gasteiger partial charge in [0.25, 0.3) is 0 Å². The van der Waals surface area contributed by atoms with Crippen molar-refractivity contribution in [3.8, 4) is 0 Å². The Kier molecular flexibility index (Phi) is 5.34. The molecule has 1 heterocycles. The lowest BCUT2D eigenvalue weighted by Gasteiger charge is -2.39. The van der Waals surface area contributed by atoms with E-state index in [2.05, 4.69) is 0 Å². The number of rotatable bonds is 4. The van der Waals surface area contributed by atoms with Gasteiger partial charge in [0.15, 0.2) is 0 Å². The molecule has 1 fully saturated rings. The first-order chi connectivity index (χ1) is 8.68. The molecule has 112 valence electrons. The van der Waals surface area contributed by atoms with Gasteiger partial charge in [0.2, 0.25) is 15.9 Å². The molecule has 0 bridgehead atoms. The summed E-state index contributed by atoms with van der Waals surface area (Å²) in [6, 6.07) is -0.696. The van der Waals surface area contributed by atoms with Crippen molar-refractivity contribution < 1.29 is 13.2 Å². The van der Waals surface area contributed by atoms with Crippen LogP contribution in [0.25, 0.3) is 0 Å². The number of amides is 1. The predicted molar refractivity (Wildman–Crippen MR) is 75.0 cm³/mol. The van der Waals surface area contributed by atoms with Gasteiger partial charge in [-0.3, -0.25) is 4.79 Å². The van der Waals surface area contributed by atoms with Crippen LogP contribution in [0, 0.1) is 5.92 Å². The fourth-order valence-electron chi connectivity index (χ4n) is 2.34. The van der Waals surface area contributed by atoms with Crippen molar-refractivity contribution in [2.75, 3.05) is 25.9 Å². The van der Waals surface area contributed by atoms with Crippen LogP contribution in [0.3, 0.4) is 0 Å². The first-order valence-corrected chi connectivity index (χ1v) is 8.54. The second-order valence-corrected chi connectivity index (χ2v) is 7.35. The maximum Gasteiger partial charge on any atom is 0.239 e. The third kappa shape index (κ3) is 3.90. The highest BCUT2D eigenvalue weighted by Gasteiger charge is 2.34. The molecule has 0 aromatic heterocycles. The van der Waals surface area contributed by atoms with E-state index in [0.717, 1.165) is 6.42 Å². The summed E-state index contributed by atoms with van der Waals surface area (Å²) in [6.45, 7) is 6.95. The van der Waals surface area contributed by atoms with E-state index in [-0.39, 0.29) is 17.9 Å². The topological polar surface area (TPSA) is 83.7 Å². The summed E-state index contributed by atoms with van der Waals surface area (Å²) in [6.07, 6.45) is 2.05. The molecule has 6 nitrogen and oxygen atoms in total. The van der Waals surface area contributed by atoms with E-state index in [9.17, 15) is 13.2 Å². The third-order valence-corrected chi connectivity index (χ3v) is 5.24. The maximum atomic E-state index is 12.2. The molecule has 0 unspecified atom stereocenters. The standard InChI is InChI=1S/C12H25N3O3S/c1-5-9(2)11(13)12(16)14-6-7-15(10(3)8-14)19(4,17)18/h9-11H,5-8,13H2,1-4H3/t9-,10+,11-/m1/s1. The minimum atomic E-state index is -3.20. The highest BCUT2D eigenvalue weighted by atomic mass is 32.2. The van der Waals surface area contributed by atoms with E-state index >= 15 is 0 Å². The lowest BCUT2D eigenvalue weighted by molar-refractivity contribution is -0.135. The third-order valence-electron chi connectivity index (χ3n) is 3.85. The molecule has 1 saturated heterocycles. The number of nitrogens with zero attached hydrogens (tertiary/aromatic N) is 2. The Balaban J connectivity index is 2.69. The van der Waals surface area contributed by atoms with Gasteiger partial charge in [0.05, 0.1) is 12.3 Å². The molecule has 1 aliphatic heterocycles. The first-order valence-electron chi connectivity index (χ1n) is 6.69. The molecule has 3 atom stereocenters. The number of piperazine rings is 1. The minimum Gasteiger partial charge on any atom is -0.338 e. The van der Waals surface area contributed by atoms with Gasteiger partial charge in [-0.2, -0.15) is 4.31 Å². The number of carbonyl (C=O) groups is 1. The summed E-state index contributed by atoms with van der Waals surface area (Å²) in [5.74, 6) is 0.0603. The molecule has 1 amide bonds. The molecule has 2 N–H and O–H groups in total. The smallest absolute Gasteiger partial charge is 0.239 e. The van der Waals surface area contributed by atoms with Crippen LogP contribution in [-0.2, 0) is 14.8 Å². The number of sulfonamides is 1. The molecule has 0 aliphatic carbocycles. The van der Waals surface area contributed by atoms with Crippen LogP contribution in [0.2, 0.25) is 0 Å². The molecule has 19 heavy (non-hydrogen) atoms. The van der Waals surface area contributed by atoms with Crippen LogP contribution in [-0.4, -0.2) is 61.5 Å². The lowest BCUT2D eigenvalue weighted by atomic mass is 9.98. The Morgan fingerprint density at radius 1 is 1.42 bits per heavy atom. The highest BCUT2D eigenvalue weighted by Crippen LogP contribution is 2.16. The van der Waals surface area contributed by atoms with Crippen LogP contribution >= 0.6 is 0 Å². The van der Waals surface area contributed by atoms with Gasteiger partial charge in [-0.1, -0.05) is 20.3 Å². The highest BCUT2D eigenvalue weighted by molar-refractivity contribution is 7.88. The van der Waals surface area contributed by atoms with Gasteiger partial charge in [-0.25, -0.2) is 8.42 Å². The SMILES string of the molecule is CC[C@@H](C)[C@@H](N)C(=O)N1CCN(S(C)(=O)=O)[C@@H](C)C1. The van der Waals surface area contributed by atoms with E-state index in [1.54, 1.807) is 4.90 Å². The van der Waals surface area contributed by atoms with Crippen molar-refractivity contribution >= 4 is 15.9 Å². The predicted octanol–water partition coefficient (Wildman–Crippen LogP) is -0.148. The molecule has 0 radical (unpaired) electrons. The Morgan fingerprint density at radius 2 is 2.00 bits per heavy atom. The van der Waals surface area contributed by atoms with E-state index in [1.807, 2.05) is 20.8 Å². The van der Waals surface area contributed by atoms with Crippen molar-refractivity contribution in [3.63, 3.8) is 0 Å². The molecular weight excluding hydrogens is 266 g/mol. The number of carbonyl (C=O) groups excluding carboxylic acids is 1. The molecule has 0 spiro atoms. The average molecular weight is 291 g/mol. The van der Waals surface area contributed by atoms with Crippen molar-refractivity contribution in [2.45, 2.75) is 39.3 Å². The summed E-state index contributed by atoms with van der Waals surface area (Å²) >= 11 is 0. The molecule has 0 aromatic carbocycles. The fraction of sp³-hybridized carbons (Fsp3) is 0.917. The van der Waals surface area contributed by atoms with Crippen LogP contribution in [0.5, 0.6) is 0 Å². The zero-order valence-corrected chi connectivity index (χ0v) is 13.0. The van der Waals surface area contributed by atoms with Crippen molar-refractivity contribution in [1.82, 2.24) is 9.21 Å². The maximum absolute atomic E-state index is 12.2. The first kappa shape index (κ1) is 16.4. The second kappa shape index (κ2) is 6.19. The lowest BCUT2D eigenvalue weighted by Crippen LogP contribution is -2.58. The molecule has 1 rings (SSSR count). The largest absolute Gasteiger partial charge is 0.338 e. The van der Waals surface area contributed by atoms with Gasteiger partial charge in [-0.15, -0.1) is 0 Å². The quantitative estimate of drug-likeness (QED) is 0.781. The normalized spacial score (nSPS) is 25.1. The fourth-order valence-corrected chi connectivity index (χ4v) is 3.48. The van der Waals surface area contributed by atoms with Gasteiger partial charge < -0.3 is 10.6 Å². The van der Waals surface area contributed by atoms with Crippen LogP contribution in [0.15, 0.2) is 0 Å². The Bertz CT molecular complexity index is 424. The van der Waals surface area contributed by atoms with Crippen molar-refractivity contribution in [2.24, 2.45) is 11.7 Å². The monoisotopic (exact) mass is 291 g/mol. The Morgan fingerprint density at radius 3 is 2.42 bits per heavy atom. The van der Waals surface area contributed by atoms with E-state index in [1.165, 1.54) is 10.6 Å². The Labute approximate surface area is 116 Å². The molecule has 0 aromatic rings. The second-order valence-electron chi connectivity index (χ2n) is 5.42. The van der Waals surface area contributed by atoms with Gasteiger partial charge in [-0.05, 0) is 12.8 Å². The minimum absolute atomic E-state index is 0.0747. The van der Waals surface area contributed by atoms with Crippen LogP contribution in [0.4, 0.5) is 0 Å². The zero-order chi connectivity index (χ0) is 14.8. The zero-order valence-electron chi connectivity index (χ0n) is 12.2. The molecule has 7 heteroatoms. The van der Waals surface area contributed by atoms with Gasteiger partial charge in [0, 0.05) is 25.7 Å². The van der Waals surface area contributed by atoms with Gasteiger partial charge >= 0.3 is 0 Å². The van der Waals surface area contributed by atoms with E-state index < -0.39 is 16.1 Å². The number of hydrogen-bond acceptors (Lipinski definition) is 4. The molecular formula is C12H25N3O3S. The summed E-state index contributed by atoms with van der Waals surface area (Å²) < 4.78 is 24.6. The number of hydrogen-bond donors (Lipinski definition) is 1. The number of nitrogens with two attached hydrogens (primary N) is 1. The van der Waals surface area contributed by atoms with E-state index in [4.69, 9.17) is 5.73 Å².